The number of aliphatic hydroxyl groups excluding tert-OH is 1. The van der Waals surface area contributed by atoms with Crippen LogP contribution in [0.5, 0.6) is 0 Å². The molecule has 0 aliphatic carbocycles. The Morgan fingerprint density at radius 1 is 1.30 bits per heavy atom. The number of hydrogen-bond donors (Lipinski definition) is 1. The van der Waals surface area contributed by atoms with E-state index in [-0.39, 0.29) is 0 Å². The van der Waals surface area contributed by atoms with Crippen LogP contribution in [-0.4, -0.2) is 39.0 Å². The summed E-state index contributed by atoms with van der Waals surface area (Å²) in [6, 6.07) is 0.650. The van der Waals surface area contributed by atoms with Crippen molar-refractivity contribution in [1.29, 1.82) is 0 Å². The summed E-state index contributed by atoms with van der Waals surface area (Å²) in [7, 11) is 2.06. The van der Waals surface area contributed by atoms with E-state index in [1.807, 2.05) is 0 Å². The normalized spacial score (nSPS) is 19.9. The standard InChI is InChI=1S/C16H29N3O/c1-4-15-14(16(5-2)18(3)17-15)12-19-10-6-8-13(19)9-7-11-20/h13,20H,4-12H2,1-3H3. The summed E-state index contributed by atoms with van der Waals surface area (Å²) in [6.45, 7) is 6.96. The van der Waals surface area contributed by atoms with Gasteiger partial charge in [0.05, 0.1) is 5.69 Å². The molecular weight excluding hydrogens is 250 g/mol. The Balaban J connectivity index is 2.12. The van der Waals surface area contributed by atoms with E-state index >= 15 is 0 Å². The molecule has 0 bridgehead atoms. The lowest BCUT2D eigenvalue weighted by atomic mass is 10.1. The van der Waals surface area contributed by atoms with E-state index in [2.05, 4.69) is 35.6 Å². The fourth-order valence-corrected chi connectivity index (χ4v) is 3.53. The molecule has 1 fully saturated rings. The second-order valence-corrected chi connectivity index (χ2v) is 5.84. The van der Waals surface area contributed by atoms with Crippen LogP contribution in [-0.2, 0) is 26.4 Å². The summed E-state index contributed by atoms with van der Waals surface area (Å²) in [6.07, 6.45) is 6.68. The number of likely N-dealkylation sites (tertiary alicyclic amines) is 1. The Labute approximate surface area is 122 Å². The third-order valence-corrected chi connectivity index (χ3v) is 4.58. The van der Waals surface area contributed by atoms with E-state index < -0.39 is 0 Å². The Morgan fingerprint density at radius 2 is 2.10 bits per heavy atom. The fourth-order valence-electron chi connectivity index (χ4n) is 3.53. The SMILES string of the molecule is CCc1nn(C)c(CC)c1CN1CCCC1CCCO. The first-order valence-corrected chi connectivity index (χ1v) is 8.09. The number of aliphatic hydroxyl groups is 1. The van der Waals surface area contributed by atoms with E-state index in [9.17, 15) is 0 Å². The van der Waals surface area contributed by atoms with Gasteiger partial charge in [0.15, 0.2) is 0 Å². The van der Waals surface area contributed by atoms with E-state index in [4.69, 9.17) is 5.11 Å². The van der Waals surface area contributed by atoms with Crippen molar-refractivity contribution in [2.45, 2.75) is 65.0 Å². The van der Waals surface area contributed by atoms with Crippen molar-refractivity contribution in [1.82, 2.24) is 14.7 Å². The molecule has 4 heteroatoms. The van der Waals surface area contributed by atoms with E-state index in [0.717, 1.165) is 32.2 Å². The highest BCUT2D eigenvalue weighted by Gasteiger charge is 2.26. The van der Waals surface area contributed by atoms with Gasteiger partial charge in [-0.25, -0.2) is 0 Å². The maximum absolute atomic E-state index is 9.04. The minimum absolute atomic E-state index is 0.317. The van der Waals surface area contributed by atoms with Gasteiger partial charge in [-0.15, -0.1) is 0 Å². The molecule has 20 heavy (non-hydrogen) atoms. The zero-order valence-corrected chi connectivity index (χ0v) is 13.2. The first kappa shape index (κ1) is 15.5. The first-order valence-electron chi connectivity index (χ1n) is 8.09. The monoisotopic (exact) mass is 279 g/mol. The Kier molecular flexibility index (Phi) is 5.61. The minimum atomic E-state index is 0.317. The van der Waals surface area contributed by atoms with Crippen LogP contribution in [0, 0.1) is 0 Å². The number of aryl methyl sites for hydroxylation is 2. The van der Waals surface area contributed by atoms with Crippen molar-refractivity contribution in [3.05, 3.63) is 17.0 Å². The van der Waals surface area contributed by atoms with Gasteiger partial charge in [-0.3, -0.25) is 9.58 Å². The third-order valence-electron chi connectivity index (χ3n) is 4.58. The number of aromatic nitrogens is 2. The summed E-state index contributed by atoms with van der Waals surface area (Å²) in [5.41, 5.74) is 4.10. The highest BCUT2D eigenvalue weighted by Crippen LogP contribution is 2.26. The molecule has 2 rings (SSSR count). The second kappa shape index (κ2) is 7.23. The molecule has 1 aliphatic rings. The van der Waals surface area contributed by atoms with Gasteiger partial charge in [0, 0.05) is 37.5 Å². The molecule has 0 amide bonds. The molecular formula is C16H29N3O. The van der Waals surface area contributed by atoms with Crippen molar-refractivity contribution in [2.75, 3.05) is 13.2 Å². The van der Waals surface area contributed by atoms with Crippen molar-refractivity contribution < 1.29 is 5.11 Å². The Morgan fingerprint density at radius 3 is 2.75 bits per heavy atom. The maximum Gasteiger partial charge on any atom is 0.0669 e. The van der Waals surface area contributed by atoms with Crippen LogP contribution in [0.3, 0.4) is 0 Å². The molecule has 0 spiro atoms. The van der Waals surface area contributed by atoms with Crippen LogP contribution >= 0.6 is 0 Å². The molecule has 114 valence electrons. The molecule has 1 saturated heterocycles. The molecule has 1 aromatic rings. The van der Waals surface area contributed by atoms with Gasteiger partial charge >= 0.3 is 0 Å². The predicted molar refractivity (Wildman–Crippen MR) is 81.7 cm³/mol. The van der Waals surface area contributed by atoms with Crippen molar-refractivity contribution in [3.8, 4) is 0 Å². The smallest absolute Gasteiger partial charge is 0.0669 e. The lowest BCUT2D eigenvalue weighted by Crippen LogP contribution is -2.29. The minimum Gasteiger partial charge on any atom is -0.396 e. The topological polar surface area (TPSA) is 41.3 Å². The molecule has 1 unspecified atom stereocenters. The fraction of sp³-hybridized carbons (Fsp3) is 0.812. The van der Waals surface area contributed by atoms with Gasteiger partial charge in [-0.2, -0.15) is 5.10 Å². The molecule has 0 aromatic carbocycles. The summed E-state index contributed by atoms with van der Waals surface area (Å²) in [5, 5.41) is 13.7. The predicted octanol–water partition coefficient (Wildman–Crippen LogP) is 2.28. The molecule has 1 aromatic heterocycles. The molecule has 0 radical (unpaired) electrons. The van der Waals surface area contributed by atoms with Gasteiger partial charge in [-0.1, -0.05) is 13.8 Å². The second-order valence-electron chi connectivity index (χ2n) is 5.84. The van der Waals surface area contributed by atoms with E-state index in [0.29, 0.717) is 12.6 Å². The van der Waals surface area contributed by atoms with E-state index in [1.54, 1.807) is 0 Å². The first-order chi connectivity index (χ1) is 9.71. The van der Waals surface area contributed by atoms with Crippen molar-refractivity contribution in [3.63, 3.8) is 0 Å². The number of nitrogens with zero attached hydrogens (tertiary/aromatic N) is 3. The van der Waals surface area contributed by atoms with Gasteiger partial charge in [-0.05, 0) is 45.1 Å². The zero-order valence-electron chi connectivity index (χ0n) is 13.2. The largest absolute Gasteiger partial charge is 0.396 e. The van der Waals surface area contributed by atoms with Crippen LogP contribution in [0.1, 0.15) is 56.5 Å². The van der Waals surface area contributed by atoms with Crippen LogP contribution in [0.4, 0.5) is 0 Å². The van der Waals surface area contributed by atoms with Gasteiger partial charge in [0.2, 0.25) is 0 Å². The van der Waals surface area contributed by atoms with Crippen LogP contribution in [0.25, 0.3) is 0 Å². The Bertz CT molecular complexity index is 428. The highest BCUT2D eigenvalue weighted by molar-refractivity contribution is 5.27. The van der Waals surface area contributed by atoms with Crippen molar-refractivity contribution >= 4 is 0 Å². The average Bonchev–Trinajstić information content (AvgIpc) is 3.01. The van der Waals surface area contributed by atoms with Gasteiger partial charge in [0.1, 0.15) is 0 Å². The van der Waals surface area contributed by atoms with Gasteiger partial charge < -0.3 is 5.11 Å². The van der Waals surface area contributed by atoms with Crippen molar-refractivity contribution in [2.24, 2.45) is 7.05 Å². The lowest BCUT2D eigenvalue weighted by Gasteiger charge is -2.24. The number of hydrogen-bond acceptors (Lipinski definition) is 3. The molecule has 1 aliphatic heterocycles. The summed E-state index contributed by atoms with van der Waals surface area (Å²) in [5.74, 6) is 0. The molecule has 1 atom stereocenters. The average molecular weight is 279 g/mol. The summed E-state index contributed by atoms with van der Waals surface area (Å²) in [4.78, 5) is 2.60. The molecule has 0 saturated carbocycles. The zero-order chi connectivity index (χ0) is 14.5. The highest BCUT2D eigenvalue weighted by atomic mass is 16.2. The van der Waals surface area contributed by atoms with Crippen LogP contribution in [0.2, 0.25) is 0 Å². The van der Waals surface area contributed by atoms with E-state index in [1.165, 1.54) is 36.3 Å². The molecule has 1 N–H and O–H groups in total. The maximum atomic E-state index is 9.04. The van der Waals surface area contributed by atoms with Crippen LogP contribution < -0.4 is 0 Å². The van der Waals surface area contributed by atoms with Crippen LogP contribution in [0.15, 0.2) is 0 Å². The third kappa shape index (κ3) is 3.23. The Hall–Kier alpha value is -0.870. The summed E-state index contributed by atoms with van der Waals surface area (Å²) < 4.78 is 2.06. The quantitative estimate of drug-likeness (QED) is 0.832. The summed E-state index contributed by atoms with van der Waals surface area (Å²) >= 11 is 0. The number of rotatable bonds is 7. The lowest BCUT2D eigenvalue weighted by molar-refractivity contribution is 0.209. The molecule has 2 heterocycles. The van der Waals surface area contributed by atoms with Gasteiger partial charge in [0.25, 0.3) is 0 Å². The molecule has 4 nitrogen and oxygen atoms in total.